The van der Waals surface area contributed by atoms with Gasteiger partial charge in [0.2, 0.25) is 0 Å². The second kappa shape index (κ2) is 5.41. The van der Waals surface area contributed by atoms with E-state index in [1.807, 2.05) is 37.3 Å². The fourth-order valence-electron chi connectivity index (χ4n) is 1.57. The summed E-state index contributed by atoms with van der Waals surface area (Å²) in [5, 5.41) is 0. The van der Waals surface area contributed by atoms with Crippen molar-refractivity contribution in [2.45, 2.75) is 32.7 Å². The molecule has 3 heteroatoms. The van der Waals surface area contributed by atoms with E-state index >= 15 is 0 Å². The Labute approximate surface area is 98.8 Å². The number of aldehydes is 1. The van der Waals surface area contributed by atoms with Crippen molar-refractivity contribution in [3.63, 3.8) is 0 Å². The Hall–Kier alpha value is -0.933. The molecule has 2 atom stereocenters. The number of hydrogen-bond acceptors (Lipinski definition) is 2. The molecule has 0 saturated carbocycles. The monoisotopic (exact) mass is 236 g/mol. The molecule has 0 N–H and O–H groups in total. The van der Waals surface area contributed by atoms with E-state index in [4.69, 9.17) is 4.43 Å². The molecule has 2 nitrogen and oxygen atoms in total. The van der Waals surface area contributed by atoms with Gasteiger partial charge in [-0.3, -0.25) is 0 Å². The largest absolute Gasteiger partial charge is 0.410 e. The molecule has 0 spiro atoms. The van der Waals surface area contributed by atoms with Crippen LogP contribution in [0.15, 0.2) is 30.3 Å². The van der Waals surface area contributed by atoms with E-state index < -0.39 is 8.32 Å². The van der Waals surface area contributed by atoms with Crippen LogP contribution >= 0.6 is 0 Å². The van der Waals surface area contributed by atoms with Gasteiger partial charge in [-0.1, -0.05) is 37.3 Å². The van der Waals surface area contributed by atoms with E-state index in [-0.39, 0.29) is 12.0 Å². The van der Waals surface area contributed by atoms with Crippen molar-refractivity contribution in [2.75, 3.05) is 0 Å². The van der Waals surface area contributed by atoms with Gasteiger partial charge >= 0.3 is 0 Å². The van der Waals surface area contributed by atoms with Gasteiger partial charge in [-0.2, -0.15) is 0 Å². The molecule has 0 saturated heterocycles. The predicted octanol–water partition coefficient (Wildman–Crippen LogP) is 3.41. The molecule has 88 valence electrons. The van der Waals surface area contributed by atoms with Crippen molar-refractivity contribution in [1.82, 2.24) is 0 Å². The van der Waals surface area contributed by atoms with E-state index in [9.17, 15) is 4.79 Å². The minimum absolute atomic E-state index is 0.103. The summed E-state index contributed by atoms with van der Waals surface area (Å²) in [6.07, 6.45) is 0.864. The second-order valence-electron chi connectivity index (χ2n) is 5.06. The lowest BCUT2D eigenvalue weighted by Gasteiger charge is -2.28. The number of hydrogen-bond donors (Lipinski definition) is 0. The standard InChI is InChI=1S/C13H20O2Si/c1-11(10-14)13(15-16(2,3)4)12-8-6-5-7-9-12/h5-11,13H,1-4H3/t11-,13+/m1/s1. The van der Waals surface area contributed by atoms with Crippen LogP contribution in [0, 0.1) is 5.92 Å². The highest BCUT2D eigenvalue weighted by atomic mass is 28.4. The summed E-state index contributed by atoms with van der Waals surface area (Å²) in [6, 6.07) is 9.97. The van der Waals surface area contributed by atoms with E-state index in [1.54, 1.807) is 0 Å². The van der Waals surface area contributed by atoms with E-state index in [0.717, 1.165) is 11.8 Å². The summed E-state index contributed by atoms with van der Waals surface area (Å²) in [5.41, 5.74) is 1.09. The summed E-state index contributed by atoms with van der Waals surface area (Å²) < 4.78 is 6.08. The van der Waals surface area contributed by atoms with Crippen LogP contribution in [0.1, 0.15) is 18.6 Å². The molecule has 0 bridgehead atoms. The molecular formula is C13H20O2Si. The predicted molar refractivity (Wildman–Crippen MR) is 68.8 cm³/mol. The average molecular weight is 236 g/mol. The fourth-order valence-corrected chi connectivity index (χ4v) is 2.69. The molecule has 0 aromatic heterocycles. The summed E-state index contributed by atoms with van der Waals surface area (Å²) in [4.78, 5) is 10.9. The van der Waals surface area contributed by atoms with Gasteiger partial charge < -0.3 is 9.22 Å². The summed E-state index contributed by atoms with van der Waals surface area (Å²) in [6.45, 7) is 8.33. The minimum Gasteiger partial charge on any atom is -0.410 e. The molecular weight excluding hydrogens is 216 g/mol. The second-order valence-corrected chi connectivity index (χ2v) is 9.52. The molecule has 0 heterocycles. The van der Waals surface area contributed by atoms with Gasteiger partial charge in [-0.25, -0.2) is 0 Å². The molecule has 1 aromatic carbocycles. The smallest absolute Gasteiger partial charge is 0.184 e. The highest BCUT2D eigenvalue weighted by Gasteiger charge is 2.26. The van der Waals surface area contributed by atoms with E-state index in [2.05, 4.69) is 19.6 Å². The zero-order valence-electron chi connectivity index (χ0n) is 10.4. The third-order valence-electron chi connectivity index (χ3n) is 2.30. The normalized spacial score (nSPS) is 15.5. The first-order valence-corrected chi connectivity index (χ1v) is 9.03. The van der Waals surface area contributed by atoms with Crippen LogP contribution in [-0.4, -0.2) is 14.6 Å². The first-order valence-electron chi connectivity index (χ1n) is 5.62. The maximum absolute atomic E-state index is 10.9. The zero-order chi connectivity index (χ0) is 12.2. The molecule has 16 heavy (non-hydrogen) atoms. The maximum atomic E-state index is 10.9. The number of benzene rings is 1. The lowest BCUT2D eigenvalue weighted by molar-refractivity contribution is -0.113. The fraction of sp³-hybridized carbons (Fsp3) is 0.462. The van der Waals surface area contributed by atoms with Gasteiger partial charge in [0.1, 0.15) is 6.29 Å². The van der Waals surface area contributed by atoms with Crippen molar-refractivity contribution in [3.8, 4) is 0 Å². The van der Waals surface area contributed by atoms with Crippen LogP contribution in [0.3, 0.4) is 0 Å². The van der Waals surface area contributed by atoms with Gasteiger partial charge in [0.15, 0.2) is 8.32 Å². The molecule has 0 aliphatic carbocycles. The van der Waals surface area contributed by atoms with E-state index in [1.165, 1.54) is 0 Å². The Bertz CT molecular complexity index is 330. The van der Waals surface area contributed by atoms with Crippen molar-refractivity contribution in [1.29, 1.82) is 0 Å². The molecule has 0 radical (unpaired) electrons. The molecule has 0 amide bonds. The first kappa shape index (κ1) is 13.1. The third kappa shape index (κ3) is 3.91. The highest BCUT2D eigenvalue weighted by Crippen LogP contribution is 2.28. The first-order chi connectivity index (χ1) is 7.44. The van der Waals surface area contributed by atoms with Crippen LogP contribution in [0.4, 0.5) is 0 Å². The topological polar surface area (TPSA) is 26.3 Å². The Morgan fingerprint density at radius 2 is 1.75 bits per heavy atom. The lowest BCUT2D eigenvalue weighted by atomic mass is 9.99. The van der Waals surface area contributed by atoms with Crippen LogP contribution < -0.4 is 0 Å². The maximum Gasteiger partial charge on any atom is 0.184 e. The van der Waals surface area contributed by atoms with Crippen molar-refractivity contribution < 1.29 is 9.22 Å². The average Bonchev–Trinajstić information content (AvgIpc) is 2.25. The zero-order valence-corrected chi connectivity index (χ0v) is 11.4. The summed E-state index contributed by atoms with van der Waals surface area (Å²) in [5.74, 6) is -0.103. The summed E-state index contributed by atoms with van der Waals surface area (Å²) >= 11 is 0. The quantitative estimate of drug-likeness (QED) is 0.578. The Kier molecular flexibility index (Phi) is 4.44. The van der Waals surface area contributed by atoms with Gasteiger partial charge in [-0.15, -0.1) is 0 Å². The molecule has 0 aliphatic rings. The molecule has 0 unspecified atom stereocenters. The van der Waals surface area contributed by atoms with Gasteiger partial charge in [-0.05, 0) is 25.2 Å². The molecule has 1 rings (SSSR count). The van der Waals surface area contributed by atoms with Crippen LogP contribution in [0.5, 0.6) is 0 Å². The minimum atomic E-state index is -1.64. The van der Waals surface area contributed by atoms with Crippen LogP contribution in [-0.2, 0) is 9.22 Å². The Balaban J connectivity index is 2.92. The van der Waals surface area contributed by atoms with Crippen molar-refractivity contribution >= 4 is 14.6 Å². The van der Waals surface area contributed by atoms with Gasteiger partial charge in [0.25, 0.3) is 0 Å². The molecule has 0 aliphatic heterocycles. The van der Waals surface area contributed by atoms with Gasteiger partial charge in [0.05, 0.1) is 6.10 Å². The SMILES string of the molecule is C[C@H](C=O)[C@H](O[Si](C)(C)C)c1ccccc1. The lowest BCUT2D eigenvalue weighted by Crippen LogP contribution is -2.31. The Morgan fingerprint density at radius 1 is 1.19 bits per heavy atom. The summed E-state index contributed by atoms with van der Waals surface area (Å²) in [7, 11) is -1.64. The number of rotatable bonds is 5. The molecule has 0 fully saturated rings. The number of carbonyl (C=O) groups is 1. The van der Waals surface area contributed by atoms with Crippen LogP contribution in [0.25, 0.3) is 0 Å². The van der Waals surface area contributed by atoms with Crippen molar-refractivity contribution in [3.05, 3.63) is 35.9 Å². The third-order valence-corrected chi connectivity index (χ3v) is 3.26. The van der Waals surface area contributed by atoms with Crippen LogP contribution in [0.2, 0.25) is 19.6 Å². The number of carbonyl (C=O) groups excluding carboxylic acids is 1. The van der Waals surface area contributed by atoms with E-state index in [0.29, 0.717) is 0 Å². The van der Waals surface area contributed by atoms with Gasteiger partial charge in [0, 0.05) is 5.92 Å². The highest BCUT2D eigenvalue weighted by molar-refractivity contribution is 6.69. The van der Waals surface area contributed by atoms with Crippen molar-refractivity contribution in [2.24, 2.45) is 5.92 Å². The Morgan fingerprint density at radius 3 is 2.19 bits per heavy atom. The molecule has 1 aromatic rings.